The van der Waals surface area contributed by atoms with Crippen LogP contribution in [0.2, 0.25) is 0 Å². The first-order valence-corrected chi connectivity index (χ1v) is 23.0. The summed E-state index contributed by atoms with van der Waals surface area (Å²) in [6, 6.07) is 0. The number of carbonyl (C=O) groups is 1. The lowest BCUT2D eigenvalue weighted by Gasteiger charge is -2.24. The number of hydrogen-bond donors (Lipinski definition) is 1. The number of phosphoric acid groups is 1. The highest BCUT2D eigenvalue weighted by Crippen LogP contribution is 2.43. The van der Waals surface area contributed by atoms with Gasteiger partial charge in [-0.15, -0.1) is 0 Å². The number of carbonyl (C=O) groups excluding carboxylic acids is 1. The minimum Gasteiger partial charge on any atom is -0.457 e. The minimum absolute atomic E-state index is 0.0837. The van der Waals surface area contributed by atoms with E-state index in [9.17, 15) is 14.3 Å². The van der Waals surface area contributed by atoms with Crippen molar-refractivity contribution in [2.24, 2.45) is 0 Å². The van der Waals surface area contributed by atoms with Crippen molar-refractivity contribution in [2.75, 3.05) is 54.1 Å². The number of rotatable bonds is 39. The van der Waals surface area contributed by atoms with Gasteiger partial charge in [-0.1, -0.05) is 158 Å². The number of ether oxygens (including phenoxy) is 2. The molecule has 0 fully saturated rings. The molecule has 0 aromatic carbocycles. The van der Waals surface area contributed by atoms with Crippen LogP contribution in [0.25, 0.3) is 0 Å². The number of quaternary nitrogens is 1. The van der Waals surface area contributed by atoms with Crippen molar-refractivity contribution in [3.05, 3.63) is 60.8 Å². The van der Waals surface area contributed by atoms with Crippen molar-refractivity contribution < 1.29 is 37.3 Å². The van der Waals surface area contributed by atoms with Gasteiger partial charge < -0.3 is 18.9 Å². The lowest BCUT2D eigenvalue weighted by Crippen LogP contribution is -2.37. The van der Waals surface area contributed by atoms with E-state index < -0.39 is 13.9 Å². The van der Waals surface area contributed by atoms with E-state index in [-0.39, 0.29) is 25.8 Å². The molecule has 0 aromatic rings. The predicted molar refractivity (Wildman–Crippen MR) is 229 cm³/mol. The van der Waals surface area contributed by atoms with Gasteiger partial charge in [0.25, 0.3) is 0 Å². The average Bonchev–Trinajstić information content (AvgIpc) is 3.12. The van der Waals surface area contributed by atoms with Crippen molar-refractivity contribution in [1.82, 2.24) is 0 Å². The predicted octanol–water partition coefficient (Wildman–Crippen LogP) is 12.5. The van der Waals surface area contributed by atoms with Crippen LogP contribution >= 0.6 is 7.82 Å². The molecule has 8 nitrogen and oxygen atoms in total. The van der Waals surface area contributed by atoms with Crippen LogP contribution < -0.4 is 0 Å². The summed E-state index contributed by atoms with van der Waals surface area (Å²) in [7, 11) is 1.65. The topological polar surface area (TPSA) is 91.3 Å². The smallest absolute Gasteiger partial charge is 0.457 e. The number of hydrogen-bond acceptors (Lipinski definition) is 6. The molecule has 0 saturated heterocycles. The summed E-state index contributed by atoms with van der Waals surface area (Å²) in [5, 5.41) is 0. The number of esters is 1. The van der Waals surface area contributed by atoms with Gasteiger partial charge in [0.1, 0.15) is 19.3 Å². The zero-order chi connectivity index (χ0) is 39.9. The molecule has 9 heteroatoms. The van der Waals surface area contributed by atoms with Gasteiger partial charge in [0.15, 0.2) is 0 Å². The molecule has 0 saturated carbocycles. The molecule has 0 aliphatic heterocycles. The van der Waals surface area contributed by atoms with Gasteiger partial charge in [-0.3, -0.25) is 13.8 Å². The molecule has 2 atom stereocenters. The molecule has 54 heavy (non-hydrogen) atoms. The zero-order valence-corrected chi connectivity index (χ0v) is 36.3. The molecule has 0 aliphatic carbocycles. The Bertz CT molecular complexity index is 1050. The SMILES string of the molecule is CC/C=C\C/C=C\C/C=C\C/C=C\C/C=C\CCCCCCCCOCC(COP(=O)(O)OCC[N+](C)(C)C)OC(=O)CCCCCCCCCCCC. The van der Waals surface area contributed by atoms with Crippen LogP contribution in [0.1, 0.15) is 162 Å². The Morgan fingerprint density at radius 2 is 1.07 bits per heavy atom. The molecular formula is C45H83NO7P+. The fourth-order valence-electron chi connectivity index (χ4n) is 5.52. The Balaban J connectivity index is 4.21. The first-order chi connectivity index (χ1) is 26.1. The largest absolute Gasteiger partial charge is 0.472 e. The van der Waals surface area contributed by atoms with E-state index >= 15 is 0 Å². The van der Waals surface area contributed by atoms with Gasteiger partial charge in [-0.25, -0.2) is 4.57 Å². The van der Waals surface area contributed by atoms with E-state index in [0.29, 0.717) is 24.1 Å². The van der Waals surface area contributed by atoms with E-state index in [1.54, 1.807) is 0 Å². The Kier molecular flexibility index (Phi) is 36.8. The number of likely N-dealkylation sites (N-methyl/N-ethyl adjacent to an activating group) is 1. The van der Waals surface area contributed by atoms with Crippen LogP contribution in [0, 0.1) is 0 Å². The zero-order valence-electron chi connectivity index (χ0n) is 35.4. The lowest BCUT2D eigenvalue weighted by molar-refractivity contribution is -0.870. The molecule has 0 heterocycles. The summed E-state index contributed by atoms with van der Waals surface area (Å²) in [6.45, 7) is 5.45. The Labute approximate surface area is 332 Å². The second kappa shape index (κ2) is 38.1. The second-order valence-electron chi connectivity index (χ2n) is 15.3. The number of unbranched alkanes of at least 4 members (excludes halogenated alkanes) is 15. The summed E-state index contributed by atoms with van der Waals surface area (Å²) >= 11 is 0. The van der Waals surface area contributed by atoms with E-state index in [1.807, 2.05) is 21.1 Å². The third kappa shape index (κ3) is 41.4. The maximum atomic E-state index is 12.6. The summed E-state index contributed by atoms with van der Waals surface area (Å²) < 4.78 is 34.9. The quantitative estimate of drug-likeness (QED) is 0.0218. The second-order valence-corrected chi connectivity index (χ2v) is 16.8. The molecule has 0 aliphatic rings. The summed E-state index contributed by atoms with van der Waals surface area (Å²) in [5.74, 6) is -0.324. The van der Waals surface area contributed by atoms with Gasteiger partial charge in [-0.05, 0) is 57.8 Å². The molecule has 0 aromatic heterocycles. The normalized spacial score (nSPS) is 14.4. The fourth-order valence-corrected chi connectivity index (χ4v) is 6.26. The van der Waals surface area contributed by atoms with Crippen LogP contribution in [0.5, 0.6) is 0 Å². The van der Waals surface area contributed by atoms with E-state index in [1.165, 1.54) is 64.2 Å². The molecule has 314 valence electrons. The maximum Gasteiger partial charge on any atom is 0.472 e. The lowest BCUT2D eigenvalue weighted by atomic mass is 10.1. The van der Waals surface area contributed by atoms with Crippen LogP contribution in [-0.4, -0.2) is 75.6 Å². The van der Waals surface area contributed by atoms with Crippen LogP contribution in [-0.2, 0) is 27.9 Å². The van der Waals surface area contributed by atoms with Gasteiger partial charge in [0.2, 0.25) is 0 Å². The average molecular weight is 781 g/mol. The third-order valence-electron chi connectivity index (χ3n) is 8.84. The van der Waals surface area contributed by atoms with Gasteiger partial charge in [0.05, 0.1) is 34.4 Å². The van der Waals surface area contributed by atoms with Crippen LogP contribution in [0.15, 0.2) is 60.8 Å². The van der Waals surface area contributed by atoms with Crippen LogP contribution in [0.3, 0.4) is 0 Å². The highest BCUT2D eigenvalue weighted by molar-refractivity contribution is 7.47. The Morgan fingerprint density at radius 1 is 0.593 bits per heavy atom. The molecule has 0 spiro atoms. The molecule has 0 rings (SSSR count). The van der Waals surface area contributed by atoms with Gasteiger partial charge >= 0.3 is 13.8 Å². The van der Waals surface area contributed by atoms with Crippen molar-refractivity contribution in [3.63, 3.8) is 0 Å². The number of phosphoric ester groups is 1. The molecule has 0 bridgehead atoms. The maximum absolute atomic E-state index is 12.6. The standard InChI is InChI=1S/C45H82NO7P/c1-6-8-10-12-14-16-18-19-20-21-22-23-24-25-26-27-28-29-31-33-35-37-40-50-42-44(43-52-54(48,49)51-41-39-46(3,4)5)53-45(47)38-36-34-32-30-17-15-13-11-9-7-2/h8,10,14,16,19-20,22-23,25-26,44H,6-7,9,11-13,15,17-18,21,24,27-43H2,1-5H3/p+1/b10-8-,16-14-,20-19-,23-22-,26-25-. The summed E-state index contributed by atoms with van der Waals surface area (Å²) in [4.78, 5) is 22.8. The molecule has 1 N–H and O–H groups in total. The monoisotopic (exact) mass is 781 g/mol. The highest BCUT2D eigenvalue weighted by atomic mass is 31.2. The van der Waals surface area contributed by atoms with E-state index in [0.717, 1.165) is 77.0 Å². The molecular weight excluding hydrogens is 697 g/mol. The molecule has 0 radical (unpaired) electrons. The van der Waals surface area contributed by atoms with E-state index in [4.69, 9.17) is 18.5 Å². The van der Waals surface area contributed by atoms with Gasteiger partial charge in [0, 0.05) is 13.0 Å². The van der Waals surface area contributed by atoms with E-state index in [2.05, 4.69) is 74.6 Å². The Hall–Kier alpha value is -1.80. The first kappa shape index (κ1) is 52.2. The van der Waals surface area contributed by atoms with Crippen molar-refractivity contribution in [3.8, 4) is 0 Å². The van der Waals surface area contributed by atoms with Crippen molar-refractivity contribution in [1.29, 1.82) is 0 Å². The third-order valence-corrected chi connectivity index (χ3v) is 9.83. The summed E-state index contributed by atoms with van der Waals surface area (Å²) in [6.07, 6.45) is 46.8. The van der Waals surface area contributed by atoms with Crippen LogP contribution in [0.4, 0.5) is 0 Å². The van der Waals surface area contributed by atoms with Crippen molar-refractivity contribution >= 4 is 13.8 Å². The molecule has 2 unspecified atom stereocenters. The minimum atomic E-state index is -4.27. The number of nitrogens with zero attached hydrogens (tertiary/aromatic N) is 1. The summed E-state index contributed by atoms with van der Waals surface area (Å²) in [5.41, 5.74) is 0. The van der Waals surface area contributed by atoms with Gasteiger partial charge in [-0.2, -0.15) is 0 Å². The number of allylic oxidation sites excluding steroid dienone is 10. The Morgan fingerprint density at radius 3 is 1.61 bits per heavy atom. The first-order valence-electron chi connectivity index (χ1n) is 21.5. The van der Waals surface area contributed by atoms with Crippen molar-refractivity contribution in [2.45, 2.75) is 168 Å². The molecule has 0 amide bonds. The highest BCUT2D eigenvalue weighted by Gasteiger charge is 2.26. The fraction of sp³-hybridized carbons (Fsp3) is 0.756.